The van der Waals surface area contributed by atoms with Crippen LogP contribution < -0.4 is 5.32 Å². The first-order chi connectivity index (χ1) is 9.76. The van der Waals surface area contributed by atoms with Crippen LogP contribution in [0.25, 0.3) is 0 Å². The smallest absolute Gasteiger partial charge is 0.411 e. The molecule has 0 spiro atoms. The molecule has 21 heavy (non-hydrogen) atoms. The highest BCUT2D eigenvalue weighted by molar-refractivity contribution is 9.10. The Labute approximate surface area is 134 Å². The van der Waals surface area contributed by atoms with Gasteiger partial charge in [-0.25, -0.2) is 9.78 Å². The molecule has 0 saturated carbocycles. The number of carbonyl (C=O) groups excluding carboxylic acids is 1. The molecule has 1 aliphatic rings. The SMILES string of the molecule is Cc1nc(NC2CCCN2C(=O)OC(C)(C)C)ccc1Br. The lowest BCUT2D eigenvalue weighted by Gasteiger charge is -2.29. The number of anilines is 1. The van der Waals surface area contributed by atoms with Crippen LogP contribution in [0.4, 0.5) is 10.6 Å². The van der Waals surface area contributed by atoms with Crippen LogP contribution in [-0.4, -0.2) is 34.3 Å². The van der Waals surface area contributed by atoms with Gasteiger partial charge in [-0.15, -0.1) is 0 Å². The number of rotatable bonds is 2. The van der Waals surface area contributed by atoms with Gasteiger partial charge in [0.2, 0.25) is 0 Å². The molecule has 1 unspecified atom stereocenters. The molecule has 0 bridgehead atoms. The molecule has 1 aromatic heterocycles. The van der Waals surface area contributed by atoms with E-state index < -0.39 is 5.60 Å². The number of aromatic nitrogens is 1. The Morgan fingerprint density at radius 1 is 1.48 bits per heavy atom. The fourth-order valence-electron chi connectivity index (χ4n) is 2.25. The first-order valence-corrected chi connectivity index (χ1v) is 7.95. The summed E-state index contributed by atoms with van der Waals surface area (Å²) in [6.45, 7) is 8.28. The molecule has 1 aliphatic heterocycles. The monoisotopic (exact) mass is 355 g/mol. The van der Waals surface area contributed by atoms with E-state index in [4.69, 9.17) is 4.74 Å². The zero-order chi connectivity index (χ0) is 15.6. The molecule has 2 heterocycles. The van der Waals surface area contributed by atoms with Gasteiger partial charge in [-0.2, -0.15) is 0 Å². The number of hydrogen-bond donors (Lipinski definition) is 1. The molecular formula is C15H22BrN3O2. The van der Waals surface area contributed by atoms with Crippen molar-refractivity contribution in [2.24, 2.45) is 0 Å². The molecular weight excluding hydrogens is 334 g/mol. The molecule has 1 fully saturated rings. The van der Waals surface area contributed by atoms with Gasteiger partial charge in [-0.3, -0.25) is 4.90 Å². The fourth-order valence-corrected chi connectivity index (χ4v) is 2.47. The Hall–Kier alpha value is -1.30. The van der Waals surface area contributed by atoms with Crippen LogP contribution in [0.1, 0.15) is 39.3 Å². The number of ether oxygens (including phenoxy) is 1. The van der Waals surface area contributed by atoms with E-state index >= 15 is 0 Å². The summed E-state index contributed by atoms with van der Waals surface area (Å²) >= 11 is 3.44. The van der Waals surface area contributed by atoms with Gasteiger partial charge in [0.25, 0.3) is 0 Å². The molecule has 5 nitrogen and oxygen atoms in total. The number of aryl methyl sites for hydroxylation is 1. The number of nitrogens with zero attached hydrogens (tertiary/aromatic N) is 2. The van der Waals surface area contributed by atoms with Crippen molar-refractivity contribution < 1.29 is 9.53 Å². The third-order valence-corrected chi connectivity index (χ3v) is 4.05. The van der Waals surface area contributed by atoms with E-state index in [1.165, 1.54) is 0 Å². The summed E-state index contributed by atoms with van der Waals surface area (Å²) in [5.41, 5.74) is 0.443. The predicted molar refractivity (Wildman–Crippen MR) is 86.3 cm³/mol. The fraction of sp³-hybridized carbons (Fsp3) is 0.600. The van der Waals surface area contributed by atoms with E-state index in [1.54, 1.807) is 4.90 Å². The second-order valence-corrected chi connectivity index (χ2v) is 7.09. The summed E-state index contributed by atoms with van der Waals surface area (Å²) in [4.78, 5) is 18.4. The maximum Gasteiger partial charge on any atom is 0.411 e. The number of halogens is 1. The number of nitrogens with one attached hydrogen (secondary N) is 1. The second kappa shape index (κ2) is 6.22. The van der Waals surface area contributed by atoms with E-state index in [0.717, 1.165) is 28.8 Å². The highest BCUT2D eigenvalue weighted by Crippen LogP contribution is 2.23. The van der Waals surface area contributed by atoms with Crippen LogP contribution in [0.15, 0.2) is 16.6 Å². The average molecular weight is 356 g/mol. The summed E-state index contributed by atoms with van der Waals surface area (Å²) in [6, 6.07) is 3.86. The molecule has 1 atom stereocenters. The molecule has 1 N–H and O–H groups in total. The van der Waals surface area contributed by atoms with Gasteiger partial charge >= 0.3 is 6.09 Å². The van der Waals surface area contributed by atoms with Gasteiger partial charge in [0.1, 0.15) is 17.6 Å². The van der Waals surface area contributed by atoms with Crippen molar-refractivity contribution >= 4 is 27.8 Å². The van der Waals surface area contributed by atoms with Crippen LogP contribution in [0.5, 0.6) is 0 Å². The van der Waals surface area contributed by atoms with Gasteiger partial charge in [-0.05, 0) is 68.6 Å². The predicted octanol–water partition coefficient (Wildman–Crippen LogP) is 3.92. The number of hydrogen-bond acceptors (Lipinski definition) is 4. The zero-order valence-corrected chi connectivity index (χ0v) is 14.5. The maximum absolute atomic E-state index is 12.2. The van der Waals surface area contributed by atoms with Crippen molar-refractivity contribution in [1.29, 1.82) is 0 Å². The van der Waals surface area contributed by atoms with E-state index in [-0.39, 0.29) is 12.3 Å². The van der Waals surface area contributed by atoms with Gasteiger partial charge < -0.3 is 10.1 Å². The lowest BCUT2D eigenvalue weighted by molar-refractivity contribution is 0.0244. The molecule has 1 aromatic rings. The van der Waals surface area contributed by atoms with E-state index in [0.29, 0.717) is 6.54 Å². The summed E-state index contributed by atoms with van der Waals surface area (Å²) in [5, 5.41) is 3.32. The minimum Gasteiger partial charge on any atom is -0.444 e. The number of amides is 1. The Kier molecular flexibility index (Phi) is 4.76. The molecule has 2 rings (SSSR count). The average Bonchev–Trinajstić information content (AvgIpc) is 2.80. The van der Waals surface area contributed by atoms with Crippen LogP contribution in [0.3, 0.4) is 0 Å². The van der Waals surface area contributed by atoms with Crippen LogP contribution in [-0.2, 0) is 4.74 Å². The molecule has 1 amide bonds. The summed E-state index contributed by atoms with van der Waals surface area (Å²) < 4.78 is 6.43. The quantitative estimate of drug-likeness (QED) is 0.873. The van der Waals surface area contributed by atoms with Gasteiger partial charge in [0.15, 0.2) is 0 Å². The molecule has 1 saturated heterocycles. The number of likely N-dealkylation sites (tertiary alicyclic amines) is 1. The number of carbonyl (C=O) groups is 1. The van der Waals surface area contributed by atoms with Gasteiger partial charge in [0, 0.05) is 11.0 Å². The van der Waals surface area contributed by atoms with Crippen LogP contribution in [0, 0.1) is 6.92 Å². The third-order valence-electron chi connectivity index (χ3n) is 3.22. The highest BCUT2D eigenvalue weighted by Gasteiger charge is 2.32. The van der Waals surface area contributed by atoms with Crippen LogP contribution >= 0.6 is 15.9 Å². The second-order valence-electron chi connectivity index (χ2n) is 6.24. The van der Waals surface area contributed by atoms with Crippen molar-refractivity contribution in [3.8, 4) is 0 Å². The van der Waals surface area contributed by atoms with Crippen molar-refractivity contribution in [2.75, 3.05) is 11.9 Å². The molecule has 116 valence electrons. The standard InChI is InChI=1S/C15H22BrN3O2/c1-10-11(16)7-8-12(17-10)18-13-6-5-9-19(13)14(20)21-15(2,3)4/h7-8,13H,5-6,9H2,1-4H3,(H,17,18). The van der Waals surface area contributed by atoms with E-state index in [9.17, 15) is 4.79 Å². The van der Waals surface area contributed by atoms with E-state index in [1.807, 2.05) is 39.8 Å². The number of pyridine rings is 1. The Morgan fingerprint density at radius 2 is 2.19 bits per heavy atom. The highest BCUT2D eigenvalue weighted by atomic mass is 79.9. The normalized spacial score (nSPS) is 18.7. The Balaban J connectivity index is 2.05. The van der Waals surface area contributed by atoms with Crippen molar-refractivity contribution in [3.63, 3.8) is 0 Å². The van der Waals surface area contributed by atoms with E-state index in [2.05, 4.69) is 26.2 Å². The van der Waals surface area contributed by atoms with Crippen molar-refractivity contribution in [2.45, 2.75) is 52.3 Å². The first kappa shape index (κ1) is 16.1. The summed E-state index contributed by atoms with van der Waals surface area (Å²) in [6.07, 6.45) is 1.53. The topological polar surface area (TPSA) is 54.5 Å². The third kappa shape index (κ3) is 4.33. The zero-order valence-electron chi connectivity index (χ0n) is 12.9. The largest absolute Gasteiger partial charge is 0.444 e. The van der Waals surface area contributed by atoms with Crippen molar-refractivity contribution in [3.05, 3.63) is 22.3 Å². The van der Waals surface area contributed by atoms with Crippen LogP contribution in [0.2, 0.25) is 0 Å². The lowest BCUT2D eigenvalue weighted by atomic mass is 10.2. The molecule has 6 heteroatoms. The minimum atomic E-state index is -0.476. The molecule has 0 aromatic carbocycles. The lowest BCUT2D eigenvalue weighted by Crippen LogP contribution is -2.43. The molecule has 0 aliphatic carbocycles. The Bertz CT molecular complexity index is 528. The maximum atomic E-state index is 12.2. The minimum absolute atomic E-state index is 0.0621. The first-order valence-electron chi connectivity index (χ1n) is 7.15. The van der Waals surface area contributed by atoms with Gasteiger partial charge in [0.05, 0.1) is 5.69 Å². The van der Waals surface area contributed by atoms with Gasteiger partial charge in [-0.1, -0.05) is 0 Å². The Morgan fingerprint density at radius 3 is 2.81 bits per heavy atom. The summed E-state index contributed by atoms with van der Waals surface area (Å²) in [5.74, 6) is 0.774. The summed E-state index contributed by atoms with van der Waals surface area (Å²) in [7, 11) is 0. The molecule has 0 radical (unpaired) electrons. The van der Waals surface area contributed by atoms with Crippen molar-refractivity contribution in [1.82, 2.24) is 9.88 Å².